The number of ether oxygens (including phenoxy) is 1. The highest BCUT2D eigenvalue weighted by Gasteiger charge is 2.56. The van der Waals surface area contributed by atoms with Crippen molar-refractivity contribution < 1.29 is 14.6 Å². The minimum atomic E-state index is -0.697. The van der Waals surface area contributed by atoms with E-state index in [1.54, 1.807) is 0 Å². The molecular weight excluding hydrogens is 228 g/mol. The molecule has 6 atom stereocenters. The highest BCUT2D eigenvalue weighted by molar-refractivity contribution is 5.75. The molecule has 0 aromatic rings. The summed E-state index contributed by atoms with van der Waals surface area (Å²) in [4.78, 5) is 11.8. The molecule has 3 nitrogen and oxygen atoms in total. The van der Waals surface area contributed by atoms with Gasteiger partial charge in [0.05, 0.1) is 11.5 Å². The van der Waals surface area contributed by atoms with Gasteiger partial charge in [-0.1, -0.05) is 18.6 Å². The average Bonchev–Trinajstić information content (AvgIpc) is 2.69. The zero-order valence-corrected chi connectivity index (χ0v) is 11.3. The van der Waals surface area contributed by atoms with Crippen molar-refractivity contribution in [2.24, 2.45) is 23.7 Å². The second kappa shape index (κ2) is 3.83. The van der Waals surface area contributed by atoms with Crippen LogP contribution in [0.15, 0.2) is 11.6 Å². The maximum Gasteiger partial charge on any atom is 0.309 e. The second-order valence-electron chi connectivity index (χ2n) is 6.57. The summed E-state index contributed by atoms with van der Waals surface area (Å²) in [6.45, 7) is 6.02. The summed E-state index contributed by atoms with van der Waals surface area (Å²) in [6.07, 6.45) is 4.90. The maximum absolute atomic E-state index is 11.8. The number of allylic oxidation sites excluding steroid dienone is 2. The summed E-state index contributed by atoms with van der Waals surface area (Å²) in [5, 5.41) is 10.6. The van der Waals surface area contributed by atoms with Crippen LogP contribution in [0.5, 0.6) is 0 Å². The second-order valence-corrected chi connectivity index (χ2v) is 6.57. The zero-order chi connectivity index (χ0) is 13.1. The number of rotatable bonds is 0. The molecule has 1 aliphatic heterocycles. The van der Waals surface area contributed by atoms with Crippen molar-refractivity contribution in [1.82, 2.24) is 0 Å². The lowest BCUT2D eigenvalue weighted by atomic mass is 9.75. The summed E-state index contributed by atoms with van der Waals surface area (Å²) in [6, 6.07) is 0. The molecular formula is C15H22O3. The summed E-state index contributed by atoms with van der Waals surface area (Å²) in [7, 11) is 0. The molecule has 100 valence electrons. The Morgan fingerprint density at radius 1 is 1.50 bits per heavy atom. The Balaban J connectivity index is 2.02. The predicted molar refractivity (Wildman–Crippen MR) is 67.7 cm³/mol. The van der Waals surface area contributed by atoms with Crippen LogP contribution >= 0.6 is 0 Å². The molecule has 1 N–H and O–H groups in total. The molecule has 2 fully saturated rings. The lowest BCUT2D eigenvalue weighted by Gasteiger charge is -2.34. The predicted octanol–water partition coefficient (Wildman–Crippen LogP) is 2.29. The zero-order valence-electron chi connectivity index (χ0n) is 11.3. The highest BCUT2D eigenvalue weighted by atomic mass is 16.6. The topological polar surface area (TPSA) is 46.5 Å². The van der Waals surface area contributed by atoms with Crippen molar-refractivity contribution in [3.05, 3.63) is 11.6 Å². The SMILES string of the molecule is CC1=CCC2C(C)C(=O)OC2C2C1CCC2(C)O. The van der Waals surface area contributed by atoms with Gasteiger partial charge < -0.3 is 9.84 Å². The molecule has 3 heteroatoms. The van der Waals surface area contributed by atoms with Crippen LogP contribution in [-0.4, -0.2) is 22.8 Å². The Hall–Kier alpha value is -0.830. The van der Waals surface area contributed by atoms with E-state index in [0.717, 1.165) is 19.3 Å². The molecule has 0 radical (unpaired) electrons. The van der Waals surface area contributed by atoms with Crippen LogP contribution < -0.4 is 0 Å². The molecule has 1 saturated heterocycles. The first-order valence-electron chi connectivity index (χ1n) is 7.01. The number of esters is 1. The number of aliphatic hydroxyl groups is 1. The first-order chi connectivity index (χ1) is 8.42. The fourth-order valence-corrected chi connectivity index (χ4v) is 4.26. The van der Waals surface area contributed by atoms with E-state index in [1.165, 1.54) is 5.57 Å². The van der Waals surface area contributed by atoms with E-state index in [-0.39, 0.29) is 29.8 Å². The van der Waals surface area contributed by atoms with Crippen molar-refractivity contribution in [2.75, 3.05) is 0 Å². The Morgan fingerprint density at radius 2 is 2.22 bits per heavy atom. The van der Waals surface area contributed by atoms with Gasteiger partial charge in [-0.2, -0.15) is 0 Å². The van der Waals surface area contributed by atoms with Crippen LogP contribution in [0.3, 0.4) is 0 Å². The molecule has 1 saturated carbocycles. The first-order valence-corrected chi connectivity index (χ1v) is 7.01. The fraction of sp³-hybridized carbons (Fsp3) is 0.800. The standard InChI is InChI=1S/C15H22O3/c1-8-4-5-11-9(2)14(16)18-13(11)12-10(8)6-7-15(12,3)17/h4,9-13,17H,5-7H2,1-3H3. The Bertz CT molecular complexity index is 410. The van der Waals surface area contributed by atoms with Crippen LogP contribution in [0.2, 0.25) is 0 Å². The number of hydrogen-bond acceptors (Lipinski definition) is 3. The van der Waals surface area contributed by atoms with E-state index >= 15 is 0 Å². The van der Waals surface area contributed by atoms with Gasteiger partial charge in [0.15, 0.2) is 0 Å². The van der Waals surface area contributed by atoms with Gasteiger partial charge in [0.2, 0.25) is 0 Å². The third-order valence-electron chi connectivity index (χ3n) is 5.45. The van der Waals surface area contributed by atoms with E-state index in [0.29, 0.717) is 5.92 Å². The van der Waals surface area contributed by atoms with Crippen molar-refractivity contribution in [1.29, 1.82) is 0 Å². The Labute approximate surface area is 108 Å². The van der Waals surface area contributed by atoms with Crippen molar-refractivity contribution in [3.63, 3.8) is 0 Å². The van der Waals surface area contributed by atoms with E-state index in [4.69, 9.17) is 4.74 Å². The normalized spacial score (nSPS) is 51.2. The maximum atomic E-state index is 11.8. The third-order valence-corrected chi connectivity index (χ3v) is 5.45. The molecule has 3 aliphatic rings. The van der Waals surface area contributed by atoms with Gasteiger partial charge in [-0.25, -0.2) is 0 Å². The number of hydrogen-bond donors (Lipinski definition) is 1. The summed E-state index contributed by atoms with van der Waals surface area (Å²) < 4.78 is 5.62. The molecule has 0 bridgehead atoms. The lowest BCUT2D eigenvalue weighted by Crippen LogP contribution is -2.42. The molecule has 3 rings (SSSR count). The molecule has 18 heavy (non-hydrogen) atoms. The van der Waals surface area contributed by atoms with Crippen LogP contribution in [-0.2, 0) is 9.53 Å². The van der Waals surface area contributed by atoms with Crippen molar-refractivity contribution in [2.45, 2.75) is 51.7 Å². The molecule has 0 aromatic heterocycles. The number of fused-ring (bicyclic) bond motifs is 3. The highest BCUT2D eigenvalue weighted by Crippen LogP contribution is 2.52. The largest absolute Gasteiger partial charge is 0.461 e. The van der Waals surface area contributed by atoms with Gasteiger partial charge in [-0.3, -0.25) is 4.79 Å². The smallest absolute Gasteiger partial charge is 0.309 e. The summed E-state index contributed by atoms with van der Waals surface area (Å²) in [5.74, 6) is 0.587. The van der Waals surface area contributed by atoms with Crippen molar-refractivity contribution in [3.8, 4) is 0 Å². The molecule has 6 unspecified atom stereocenters. The van der Waals surface area contributed by atoms with E-state index < -0.39 is 5.60 Å². The van der Waals surface area contributed by atoms with Crippen LogP contribution in [0.4, 0.5) is 0 Å². The van der Waals surface area contributed by atoms with Crippen LogP contribution in [0.1, 0.15) is 40.0 Å². The lowest BCUT2D eigenvalue weighted by molar-refractivity contribution is -0.149. The van der Waals surface area contributed by atoms with E-state index in [9.17, 15) is 9.90 Å². The first kappa shape index (κ1) is 12.2. The summed E-state index contributed by atoms with van der Waals surface area (Å²) in [5.41, 5.74) is 0.674. The Kier molecular flexibility index (Phi) is 2.60. The molecule has 2 aliphatic carbocycles. The van der Waals surface area contributed by atoms with Crippen LogP contribution in [0, 0.1) is 23.7 Å². The monoisotopic (exact) mass is 250 g/mol. The van der Waals surface area contributed by atoms with Gasteiger partial charge in [-0.15, -0.1) is 0 Å². The van der Waals surface area contributed by atoms with Crippen molar-refractivity contribution >= 4 is 5.97 Å². The fourth-order valence-electron chi connectivity index (χ4n) is 4.26. The summed E-state index contributed by atoms with van der Waals surface area (Å²) >= 11 is 0. The van der Waals surface area contributed by atoms with Gasteiger partial charge >= 0.3 is 5.97 Å². The molecule has 0 amide bonds. The number of carbonyl (C=O) groups excluding carboxylic acids is 1. The Morgan fingerprint density at radius 3 is 2.94 bits per heavy atom. The average molecular weight is 250 g/mol. The molecule has 0 spiro atoms. The minimum absolute atomic E-state index is 0.0331. The van der Waals surface area contributed by atoms with Gasteiger partial charge in [-0.05, 0) is 39.0 Å². The van der Waals surface area contributed by atoms with Gasteiger partial charge in [0, 0.05) is 11.8 Å². The van der Waals surface area contributed by atoms with Crippen LogP contribution in [0.25, 0.3) is 0 Å². The van der Waals surface area contributed by atoms with Gasteiger partial charge in [0.25, 0.3) is 0 Å². The van der Waals surface area contributed by atoms with E-state index in [2.05, 4.69) is 13.0 Å². The van der Waals surface area contributed by atoms with Gasteiger partial charge in [0.1, 0.15) is 6.10 Å². The minimum Gasteiger partial charge on any atom is -0.461 e. The molecule has 1 heterocycles. The number of carbonyl (C=O) groups is 1. The third kappa shape index (κ3) is 1.56. The quantitative estimate of drug-likeness (QED) is 0.530. The molecule has 0 aromatic carbocycles. The van der Waals surface area contributed by atoms with E-state index in [1.807, 2.05) is 13.8 Å².